The largest absolute Gasteiger partial charge is 0.245 e. The summed E-state index contributed by atoms with van der Waals surface area (Å²) in [5.41, 5.74) is 4.31. The Morgan fingerprint density at radius 2 is 1.77 bits per heavy atom. The maximum Gasteiger partial charge on any atom is 0.205 e. The zero-order valence-electron chi connectivity index (χ0n) is 14.7. The average molecular weight is 345 g/mol. The summed E-state index contributed by atoms with van der Waals surface area (Å²) in [7, 11) is 0. The first-order valence-corrected chi connectivity index (χ1v) is 8.52. The van der Waals surface area contributed by atoms with Gasteiger partial charge >= 0.3 is 0 Å². The van der Waals surface area contributed by atoms with E-state index in [1.165, 1.54) is 5.56 Å². The number of hydrogen-bond donors (Lipinski definition) is 1. The fourth-order valence-electron chi connectivity index (χ4n) is 3.01. The molecule has 0 aliphatic carbocycles. The quantitative estimate of drug-likeness (QED) is 0.600. The number of benzene rings is 2. The summed E-state index contributed by atoms with van der Waals surface area (Å²) in [6, 6.07) is 16.5. The molecule has 7 nitrogen and oxygen atoms in total. The third-order valence-corrected chi connectivity index (χ3v) is 4.27. The van der Waals surface area contributed by atoms with E-state index in [-0.39, 0.29) is 0 Å². The van der Waals surface area contributed by atoms with Crippen LogP contribution in [0.3, 0.4) is 0 Å². The Kier molecular flexibility index (Phi) is 4.27. The first kappa shape index (κ1) is 16.1. The Bertz CT molecular complexity index is 985. The molecule has 0 saturated heterocycles. The van der Waals surface area contributed by atoms with Gasteiger partial charge < -0.3 is 0 Å². The van der Waals surface area contributed by atoms with E-state index in [2.05, 4.69) is 74.9 Å². The molecular formula is C19H19N7. The minimum atomic E-state index is 0.346. The molecule has 4 rings (SSSR count). The van der Waals surface area contributed by atoms with Crippen LogP contribution in [0.1, 0.15) is 31.2 Å². The number of hydrogen-bond acceptors (Lipinski definition) is 5. The predicted molar refractivity (Wildman–Crippen MR) is 98.3 cm³/mol. The van der Waals surface area contributed by atoms with Crippen LogP contribution >= 0.6 is 0 Å². The number of tetrazole rings is 1. The molecule has 0 aliphatic rings. The molecule has 2 heterocycles. The Morgan fingerprint density at radius 3 is 2.46 bits per heavy atom. The normalized spacial score (nSPS) is 11.2. The Hall–Kier alpha value is -3.35. The van der Waals surface area contributed by atoms with Gasteiger partial charge in [0.25, 0.3) is 0 Å². The lowest BCUT2D eigenvalue weighted by atomic mass is 9.98. The van der Waals surface area contributed by atoms with Crippen LogP contribution < -0.4 is 0 Å². The van der Waals surface area contributed by atoms with Crippen LogP contribution in [0.4, 0.5) is 0 Å². The summed E-state index contributed by atoms with van der Waals surface area (Å²) < 4.78 is 1.95. The first-order valence-electron chi connectivity index (χ1n) is 8.52. The van der Waals surface area contributed by atoms with Gasteiger partial charge in [0.05, 0.1) is 6.54 Å². The first-order chi connectivity index (χ1) is 12.7. The molecule has 0 amide bonds. The number of rotatable bonds is 5. The highest BCUT2D eigenvalue weighted by atomic mass is 15.5. The van der Waals surface area contributed by atoms with Gasteiger partial charge in [0, 0.05) is 11.5 Å². The Balaban J connectivity index is 1.62. The molecule has 0 fully saturated rings. The van der Waals surface area contributed by atoms with Crippen LogP contribution in [0, 0.1) is 0 Å². The van der Waals surface area contributed by atoms with Crippen molar-refractivity contribution >= 4 is 0 Å². The second-order valence-corrected chi connectivity index (χ2v) is 6.41. The van der Waals surface area contributed by atoms with Gasteiger partial charge in [-0.05, 0) is 21.9 Å². The molecule has 0 saturated carbocycles. The molecule has 4 aromatic rings. The molecule has 26 heavy (non-hydrogen) atoms. The van der Waals surface area contributed by atoms with Crippen molar-refractivity contribution in [3.63, 3.8) is 0 Å². The predicted octanol–water partition coefficient (Wildman–Crippen LogP) is 3.30. The smallest absolute Gasteiger partial charge is 0.205 e. The highest BCUT2D eigenvalue weighted by molar-refractivity contribution is 5.80. The van der Waals surface area contributed by atoms with Crippen LogP contribution in [0.2, 0.25) is 0 Å². The summed E-state index contributed by atoms with van der Waals surface area (Å²) in [5.74, 6) is 1.93. The van der Waals surface area contributed by atoms with E-state index >= 15 is 0 Å². The molecule has 2 aromatic heterocycles. The monoisotopic (exact) mass is 345 g/mol. The highest BCUT2D eigenvalue weighted by Gasteiger charge is 2.12. The molecule has 2 aromatic carbocycles. The fourth-order valence-corrected chi connectivity index (χ4v) is 3.01. The third-order valence-electron chi connectivity index (χ3n) is 4.27. The lowest BCUT2D eigenvalue weighted by molar-refractivity contribution is 0.607. The van der Waals surface area contributed by atoms with E-state index in [1.54, 1.807) is 6.33 Å². The summed E-state index contributed by atoms with van der Waals surface area (Å²) in [4.78, 5) is 4.35. The van der Waals surface area contributed by atoms with E-state index in [4.69, 9.17) is 0 Å². The van der Waals surface area contributed by atoms with Crippen molar-refractivity contribution in [2.75, 3.05) is 0 Å². The van der Waals surface area contributed by atoms with Crippen molar-refractivity contribution < 1.29 is 0 Å². The molecular weight excluding hydrogens is 326 g/mol. The molecule has 0 unspecified atom stereocenters. The maximum atomic E-state index is 4.35. The van der Waals surface area contributed by atoms with E-state index in [9.17, 15) is 0 Å². The van der Waals surface area contributed by atoms with Crippen molar-refractivity contribution in [3.8, 4) is 22.5 Å². The summed E-state index contributed by atoms with van der Waals surface area (Å²) in [6.45, 7) is 4.96. The second-order valence-electron chi connectivity index (χ2n) is 6.41. The topological polar surface area (TPSA) is 85.2 Å². The SMILES string of the molecule is CC(C)c1ncnn1Cc1ccc(-c2ccccc2-c2nn[nH]n2)cc1. The van der Waals surface area contributed by atoms with Gasteiger partial charge in [0.1, 0.15) is 12.2 Å². The van der Waals surface area contributed by atoms with Crippen LogP contribution in [-0.4, -0.2) is 35.4 Å². The lowest BCUT2D eigenvalue weighted by Gasteiger charge is -2.10. The van der Waals surface area contributed by atoms with Gasteiger partial charge in [-0.3, -0.25) is 0 Å². The average Bonchev–Trinajstić information content (AvgIpc) is 3.34. The van der Waals surface area contributed by atoms with Crippen LogP contribution in [0.15, 0.2) is 54.9 Å². The molecule has 0 atom stereocenters. The van der Waals surface area contributed by atoms with Gasteiger partial charge in [-0.15, -0.1) is 10.2 Å². The van der Waals surface area contributed by atoms with Gasteiger partial charge in [-0.1, -0.05) is 62.4 Å². The number of aromatic amines is 1. The molecule has 0 radical (unpaired) electrons. The molecule has 1 N–H and O–H groups in total. The van der Waals surface area contributed by atoms with Crippen molar-refractivity contribution in [3.05, 3.63) is 66.2 Å². The Morgan fingerprint density at radius 1 is 1.00 bits per heavy atom. The van der Waals surface area contributed by atoms with E-state index in [0.717, 1.165) is 22.5 Å². The zero-order valence-corrected chi connectivity index (χ0v) is 14.7. The number of nitrogens with one attached hydrogen (secondary N) is 1. The highest BCUT2D eigenvalue weighted by Crippen LogP contribution is 2.29. The number of nitrogens with zero attached hydrogens (tertiary/aromatic N) is 6. The molecule has 0 spiro atoms. The third kappa shape index (κ3) is 3.11. The van der Waals surface area contributed by atoms with Gasteiger partial charge in [0.2, 0.25) is 5.82 Å². The summed E-state index contributed by atoms with van der Waals surface area (Å²) in [6.07, 6.45) is 1.62. The number of H-pyrrole nitrogens is 1. The lowest BCUT2D eigenvalue weighted by Crippen LogP contribution is -2.08. The summed E-state index contributed by atoms with van der Waals surface area (Å²) in [5, 5.41) is 18.7. The second kappa shape index (κ2) is 6.87. The summed E-state index contributed by atoms with van der Waals surface area (Å²) >= 11 is 0. The number of aromatic nitrogens is 7. The maximum absolute atomic E-state index is 4.35. The van der Waals surface area contributed by atoms with Crippen LogP contribution in [0.5, 0.6) is 0 Å². The van der Waals surface area contributed by atoms with E-state index < -0.39 is 0 Å². The van der Waals surface area contributed by atoms with Crippen molar-refractivity contribution in [1.82, 2.24) is 35.4 Å². The van der Waals surface area contributed by atoms with Crippen LogP contribution in [-0.2, 0) is 6.54 Å². The van der Waals surface area contributed by atoms with Gasteiger partial charge in [0.15, 0.2) is 0 Å². The van der Waals surface area contributed by atoms with Crippen LogP contribution in [0.25, 0.3) is 22.5 Å². The fraction of sp³-hybridized carbons (Fsp3) is 0.211. The van der Waals surface area contributed by atoms with E-state index in [0.29, 0.717) is 18.3 Å². The standard InChI is InChI=1S/C19H19N7/c1-13(2)19-20-12-21-26(19)11-14-7-9-15(10-8-14)16-5-3-4-6-17(16)18-22-24-25-23-18/h3-10,12-13H,11H2,1-2H3,(H,22,23,24,25). The molecule has 0 aliphatic heterocycles. The van der Waals surface area contributed by atoms with Crippen molar-refractivity contribution in [2.45, 2.75) is 26.3 Å². The van der Waals surface area contributed by atoms with Crippen molar-refractivity contribution in [2.24, 2.45) is 0 Å². The molecule has 130 valence electrons. The minimum Gasteiger partial charge on any atom is -0.245 e. The van der Waals surface area contributed by atoms with Gasteiger partial charge in [-0.25, -0.2) is 9.67 Å². The zero-order chi connectivity index (χ0) is 17.9. The van der Waals surface area contributed by atoms with Crippen molar-refractivity contribution in [1.29, 1.82) is 0 Å². The minimum absolute atomic E-state index is 0.346. The van der Waals surface area contributed by atoms with E-state index in [1.807, 2.05) is 22.9 Å². The molecule has 7 heteroatoms. The van der Waals surface area contributed by atoms with Gasteiger partial charge in [-0.2, -0.15) is 10.3 Å². The Labute approximate surface area is 151 Å². The molecule has 0 bridgehead atoms.